The number of aliphatic carboxylic acids is 1. The van der Waals surface area contributed by atoms with Crippen molar-refractivity contribution in [3.05, 3.63) is 29.8 Å². The molecule has 5 heteroatoms. The minimum atomic E-state index is -0.924. The molecule has 0 saturated heterocycles. The van der Waals surface area contributed by atoms with Crippen molar-refractivity contribution in [2.45, 2.75) is 38.6 Å². The van der Waals surface area contributed by atoms with Gasteiger partial charge in [-0.05, 0) is 30.5 Å². The number of benzene rings is 1. The number of nitrogens with zero attached hydrogens (tertiary/aromatic N) is 1. The van der Waals surface area contributed by atoms with E-state index in [0.717, 1.165) is 24.8 Å². The maximum atomic E-state index is 11.3. The number of phenolic OH excluding ortho intramolecular Hbond substituents is 1. The number of carboxylic acid groups (broad SMARTS) is 1. The van der Waals surface area contributed by atoms with Gasteiger partial charge in [0.15, 0.2) is 0 Å². The number of hydrogen-bond donors (Lipinski definition) is 3. The van der Waals surface area contributed by atoms with E-state index in [1.807, 2.05) is 0 Å². The van der Waals surface area contributed by atoms with E-state index in [-0.39, 0.29) is 5.75 Å². The highest BCUT2D eigenvalue weighted by Crippen LogP contribution is 2.13. The van der Waals surface area contributed by atoms with Crippen LogP contribution in [0.2, 0.25) is 0 Å². The highest BCUT2D eigenvalue weighted by Gasteiger charge is 2.23. The molecule has 0 unspecified atom stereocenters. The standard InChI is InChI=1S/C14H22N2O3/c1-2-3-4-9-16(15)13(14(18)19)10-11-5-7-12(17)8-6-11/h5-8,13,17H,2-4,9-10,15H2,1H3,(H,18,19)/t13-/m0/s1. The van der Waals surface area contributed by atoms with Crippen molar-refractivity contribution in [1.82, 2.24) is 5.01 Å². The zero-order valence-electron chi connectivity index (χ0n) is 11.2. The Hall–Kier alpha value is -1.59. The smallest absolute Gasteiger partial charge is 0.322 e. The Morgan fingerprint density at radius 3 is 2.47 bits per heavy atom. The first-order valence-electron chi connectivity index (χ1n) is 6.56. The highest BCUT2D eigenvalue weighted by atomic mass is 16.4. The molecule has 1 atom stereocenters. The molecule has 0 heterocycles. The third kappa shape index (κ3) is 5.28. The van der Waals surface area contributed by atoms with E-state index in [1.54, 1.807) is 24.3 Å². The van der Waals surface area contributed by atoms with Crippen molar-refractivity contribution in [1.29, 1.82) is 0 Å². The van der Waals surface area contributed by atoms with Gasteiger partial charge in [0.25, 0.3) is 0 Å². The van der Waals surface area contributed by atoms with Crippen LogP contribution in [0.5, 0.6) is 5.75 Å². The van der Waals surface area contributed by atoms with Crippen LogP contribution in [0, 0.1) is 0 Å². The molecule has 0 spiro atoms. The number of rotatable bonds is 8. The summed E-state index contributed by atoms with van der Waals surface area (Å²) in [6.45, 7) is 2.66. The van der Waals surface area contributed by atoms with Crippen LogP contribution in [0.15, 0.2) is 24.3 Å². The quantitative estimate of drug-likeness (QED) is 0.379. The normalized spacial score (nSPS) is 12.6. The average Bonchev–Trinajstić information content (AvgIpc) is 2.37. The lowest BCUT2D eigenvalue weighted by atomic mass is 10.1. The minimum Gasteiger partial charge on any atom is -0.508 e. The summed E-state index contributed by atoms with van der Waals surface area (Å²) in [7, 11) is 0. The number of aromatic hydroxyl groups is 1. The largest absolute Gasteiger partial charge is 0.508 e. The van der Waals surface area contributed by atoms with E-state index in [2.05, 4.69) is 6.92 Å². The SMILES string of the molecule is CCCCCN(N)[C@@H](Cc1ccc(O)cc1)C(=O)O. The molecule has 106 valence electrons. The van der Waals surface area contributed by atoms with Crippen LogP contribution >= 0.6 is 0 Å². The fourth-order valence-corrected chi connectivity index (χ4v) is 1.90. The first-order valence-corrected chi connectivity index (χ1v) is 6.56. The second kappa shape index (κ2) is 7.76. The summed E-state index contributed by atoms with van der Waals surface area (Å²) < 4.78 is 0. The topological polar surface area (TPSA) is 86.8 Å². The number of hydrazine groups is 1. The number of carboxylic acids is 1. The molecule has 0 aromatic heterocycles. The van der Waals surface area contributed by atoms with E-state index in [4.69, 9.17) is 5.84 Å². The van der Waals surface area contributed by atoms with Crippen LogP contribution < -0.4 is 5.84 Å². The molecule has 1 aromatic rings. The lowest BCUT2D eigenvalue weighted by molar-refractivity contribution is -0.143. The summed E-state index contributed by atoms with van der Waals surface area (Å²) in [5, 5.41) is 19.8. The third-order valence-electron chi connectivity index (χ3n) is 3.07. The summed E-state index contributed by atoms with van der Waals surface area (Å²) in [5.74, 6) is 5.09. The van der Waals surface area contributed by atoms with Gasteiger partial charge < -0.3 is 10.2 Å². The highest BCUT2D eigenvalue weighted by molar-refractivity contribution is 5.73. The molecule has 1 aromatic carbocycles. The van der Waals surface area contributed by atoms with Gasteiger partial charge in [-0.2, -0.15) is 0 Å². The van der Waals surface area contributed by atoms with E-state index >= 15 is 0 Å². The van der Waals surface area contributed by atoms with Gasteiger partial charge >= 0.3 is 5.97 Å². The first-order chi connectivity index (χ1) is 9.04. The van der Waals surface area contributed by atoms with Gasteiger partial charge in [0.05, 0.1) is 0 Å². The predicted molar refractivity (Wildman–Crippen MR) is 73.7 cm³/mol. The predicted octanol–water partition coefficient (Wildman–Crippen LogP) is 1.75. The molecule has 0 radical (unpaired) electrons. The Morgan fingerprint density at radius 2 is 1.95 bits per heavy atom. The fourth-order valence-electron chi connectivity index (χ4n) is 1.90. The molecule has 0 aliphatic heterocycles. The van der Waals surface area contributed by atoms with Gasteiger partial charge in [0.1, 0.15) is 11.8 Å². The van der Waals surface area contributed by atoms with Crippen molar-refractivity contribution in [2.75, 3.05) is 6.54 Å². The molecule has 1 rings (SSSR count). The Morgan fingerprint density at radius 1 is 1.32 bits per heavy atom. The molecular formula is C14H22N2O3. The second-order valence-corrected chi connectivity index (χ2v) is 4.67. The number of phenols is 1. The van der Waals surface area contributed by atoms with Crippen LogP contribution in [0.4, 0.5) is 0 Å². The van der Waals surface area contributed by atoms with Gasteiger partial charge in [0, 0.05) is 6.54 Å². The number of nitrogens with two attached hydrogens (primary N) is 1. The van der Waals surface area contributed by atoms with E-state index in [9.17, 15) is 15.0 Å². The number of unbranched alkanes of at least 4 members (excludes halogenated alkanes) is 2. The van der Waals surface area contributed by atoms with Crippen LogP contribution in [-0.4, -0.2) is 33.8 Å². The van der Waals surface area contributed by atoms with Gasteiger partial charge in [-0.25, -0.2) is 5.01 Å². The summed E-state index contributed by atoms with van der Waals surface area (Å²) in [6, 6.07) is 5.79. The van der Waals surface area contributed by atoms with Crippen molar-refractivity contribution in [2.24, 2.45) is 5.84 Å². The first kappa shape index (κ1) is 15.5. The van der Waals surface area contributed by atoms with E-state index in [0.29, 0.717) is 13.0 Å². The average molecular weight is 266 g/mol. The molecule has 5 nitrogen and oxygen atoms in total. The summed E-state index contributed by atoms with van der Waals surface area (Å²) in [5.41, 5.74) is 0.844. The molecule has 0 aliphatic carbocycles. The Kier molecular flexibility index (Phi) is 6.32. The number of carbonyl (C=O) groups is 1. The fraction of sp³-hybridized carbons (Fsp3) is 0.500. The summed E-state index contributed by atoms with van der Waals surface area (Å²) in [4.78, 5) is 11.3. The second-order valence-electron chi connectivity index (χ2n) is 4.67. The Labute approximate surface area is 113 Å². The van der Waals surface area contributed by atoms with E-state index in [1.165, 1.54) is 5.01 Å². The molecule has 0 saturated carbocycles. The zero-order valence-corrected chi connectivity index (χ0v) is 11.2. The molecule has 0 fully saturated rings. The van der Waals surface area contributed by atoms with Crippen LogP contribution in [0.3, 0.4) is 0 Å². The molecule has 4 N–H and O–H groups in total. The lowest BCUT2D eigenvalue weighted by Gasteiger charge is -2.24. The third-order valence-corrected chi connectivity index (χ3v) is 3.07. The lowest BCUT2D eigenvalue weighted by Crippen LogP contribution is -2.47. The van der Waals surface area contributed by atoms with Gasteiger partial charge in [-0.15, -0.1) is 0 Å². The van der Waals surface area contributed by atoms with Crippen LogP contribution in [-0.2, 0) is 11.2 Å². The summed E-state index contributed by atoms with van der Waals surface area (Å²) in [6.07, 6.45) is 3.34. The minimum absolute atomic E-state index is 0.170. The molecule has 0 bridgehead atoms. The zero-order chi connectivity index (χ0) is 14.3. The van der Waals surface area contributed by atoms with Crippen molar-refractivity contribution < 1.29 is 15.0 Å². The number of hydrogen-bond acceptors (Lipinski definition) is 4. The van der Waals surface area contributed by atoms with Gasteiger partial charge in [0.2, 0.25) is 0 Å². The van der Waals surface area contributed by atoms with Crippen molar-refractivity contribution in [3.63, 3.8) is 0 Å². The molecule has 19 heavy (non-hydrogen) atoms. The summed E-state index contributed by atoms with van der Waals surface area (Å²) >= 11 is 0. The Balaban J connectivity index is 2.61. The van der Waals surface area contributed by atoms with Crippen LogP contribution in [0.1, 0.15) is 31.7 Å². The van der Waals surface area contributed by atoms with Crippen LogP contribution in [0.25, 0.3) is 0 Å². The van der Waals surface area contributed by atoms with Crippen molar-refractivity contribution in [3.8, 4) is 5.75 Å². The Bertz CT molecular complexity index is 392. The maximum Gasteiger partial charge on any atom is 0.322 e. The maximum absolute atomic E-state index is 11.3. The van der Waals surface area contributed by atoms with E-state index < -0.39 is 12.0 Å². The van der Waals surface area contributed by atoms with Gasteiger partial charge in [-0.1, -0.05) is 31.9 Å². The molecular weight excluding hydrogens is 244 g/mol. The monoisotopic (exact) mass is 266 g/mol. The molecule has 0 aliphatic rings. The molecule has 0 amide bonds. The van der Waals surface area contributed by atoms with Crippen molar-refractivity contribution >= 4 is 5.97 Å². The van der Waals surface area contributed by atoms with Gasteiger partial charge in [-0.3, -0.25) is 10.6 Å².